The minimum atomic E-state index is -0.154. The number of benzene rings is 1. The van der Waals surface area contributed by atoms with Gasteiger partial charge in [0, 0.05) is 5.56 Å². The first-order chi connectivity index (χ1) is 8.61. The lowest BCUT2D eigenvalue weighted by atomic mass is 10.1. The summed E-state index contributed by atoms with van der Waals surface area (Å²) in [7, 11) is 0. The Morgan fingerprint density at radius 1 is 1.44 bits per heavy atom. The first-order valence-electron chi connectivity index (χ1n) is 6.31. The molecule has 0 aromatic heterocycles. The third kappa shape index (κ3) is 3.07. The number of amides is 1. The van der Waals surface area contributed by atoms with E-state index >= 15 is 0 Å². The standard InChI is InChI=1S/C14H18N2OS/c1-2-9-3-5-11(6-4-9)14(17)16-12(13(15)18)10-7-8-10/h3-6,10,12H,2,7-8H2,1H3,(H2,15,18)(H,16,17). The lowest BCUT2D eigenvalue weighted by Gasteiger charge is -2.16. The molecule has 1 amide bonds. The van der Waals surface area contributed by atoms with Crippen LogP contribution in [0.25, 0.3) is 0 Å². The van der Waals surface area contributed by atoms with Crippen molar-refractivity contribution in [1.29, 1.82) is 0 Å². The monoisotopic (exact) mass is 262 g/mol. The Kier molecular flexibility index (Phi) is 3.97. The van der Waals surface area contributed by atoms with E-state index in [1.165, 1.54) is 5.56 Å². The summed E-state index contributed by atoms with van der Waals surface area (Å²) in [5.41, 5.74) is 7.55. The molecule has 1 aliphatic rings. The van der Waals surface area contributed by atoms with Gasteiger partial charge in [-0.1, -0.05) is 31.3 Å². The Morgan fingerprint density at radius 3 is 2.50 bits per heavy atom. The largest absolute Gasteiger partial charge is 0.392 e. The minimum Gasteiger partial charge on any atom is -0.392 e. The molecule has 0 bridgehead atoms. The van der Waals surface area contributed by atoms with Crippen LogP contribution in [0.3, 0.4) is 0 Å². The molecule has 3 nitrogen and oxygen atoms in total. The molecule has 1 atom stereocenters. The number of thiocarbonyl (C=S) groups is 1. The molecule has 4 heteroatoms. The summed E-state index contributed by atoms with van der Waals surface area (Å²) < 4.78 is 0. The molecule has 0 spiro atoms. The van der Waals surface area contributed by atoms with Crippen molar-refractivity contribution in [2.45, 2.75) is 32.2 Å². The van der Waals surface area contributed by atoms with Crippen molar-refractivity contribution in [3.05, 3.63) is 35.4 Å². The molecule has 1 saturated carbocycles. The smallest absolute Gasteiger partial charge is 0.251 e. The summed E-state index contributed by atoms with van der Waals surface area (Å²) in [5.74, 6) is 0.337. The molecule has 0 aliphatic heterocycles. The zero-order valence-electron chi connectivity index (χ0n) is 10.5. The van der Waals surface area contributed by atoms with Crippen LogP contribution in [0.1, 0.15) is 35.7 Å². The van der Waals surface area contributed by atoms with E-state index in [1.54, 1.807) is 0 Å². The average Bonchev–Trinajstić information content (AvgIpc) is 3.19. The SMILES string of the molecule is CCc1ccc(C(=O)NC(C(N)=S)C2CC2)cc1. The molecule has 1 aliphatic carbocycles. The predicted molar refractivity (Wildman–Crippen MR) is 76.6 cm³/mol. The van der Waals surface area contributed by atoms with Gasteiger partial charge in [-0.2, -0.15) is 0 Å². The van der Waals surface area contributed by atoms with Gasteiger partial charge in [0.2, 0.25) is 0 Å². The van der Waals surface area contributed by atoms with Gasteiger partial charge in [-0.15, -0.1) is 0 Å². The van der Waals surface area contributed by atoms with Crippen molar-refractivity contribution < 1.29 is 4.79 Å². The fourth-order valence-electron chi connectivity index (χ4n) is 1.97. The summed E-state index contributed by atoms with van der Waals surface area (Å²) in [6.07, 6.45) is 3.16. The van der Waals surface area contributed by atoms with Crippen LogP contribution in [0.5, 0.6) is 0 Å². The number of carbonyl (C=O) groups excluding carboxylic acids is 1. The van der Waals surface area contributed by atoms with E-state index in [9.17, 15) is 4.79 Å². The number of hydrogen-bond acceptors (Lipinski definition) is 2. The van der Waals surface area contributed by atoms with E-state index in [2.05, 4.69) is 12.2 Å². The van der Waals surface area contributed by atoms with E-state index < -0.39 is 0 Å². The highest BCUT2D eigenvalue weighted by Gasteiger charge is 2.34. The highest BCUT2D eigenvalue weighted by molar-refractivity contribution is 7.80. The zero-order valence-corrected chi connectivity index (χ0v) is 11.3. The zero-order chi connectivity index (χ0) is 13.1. The average molecular weight is 262 g/mol. The maximum absolute atomic E-state index is 12.1. The molecule has 0 radical (unpaired) electrons. The lowest BCUT2D eigenvalue weighted by Crippen LogP contribution is -2.45. The van der Waals surface area contributed by atoms with Gasteiger partial charge in [-0.3, -0.25) is 4.79 Å². The first-order valence-corrected chi connectivity index (χ1v) is 6.71. The van der Waals surface area contributed by atoms with E-state index in [4.69, 9.17) is 18.0 Å². The molecule has 2 rings (SSSR count). The van der Waals surface area contributed by atoms with Gasteiger partial charge >= 0.3 is 0 Å². The Bertz CT molecular complexity index is 451. The van der Waals surface area contributed by atoms with Gasteiger partial charge in [0.15, 0.2) is 0 Å². The van der Waals surface area contributed by atoms with Crippen molar-refractivity contribution in [2.24, 2.45) is 11.7 Å². The van der Waals surface area contributed by atoms with Crippen LogP contribution in [-0.2, 0) is 6.42 Å². The Hall–Kier alpha value is -1.42. The van der Waals surface area contributed by atoms with Crippen LogP contribution in [0.15, 0.2) is 24.3 Å². The van der Waals surface area contributed by atoms with Crippen LogP contribution in [0.4, 0.5) is 0 Å². The number of rotatable bonds is 5. The summed E-state index contributed by atoms with van der Waals surface area (Å²) >= 11 is 5.00. The Balaban J connectivity index is 2.03. The summed E-state index contributed by atoms with van der Waals surface area (Å²) in [6.45, 7) is 2.09. The molecule has 0 saturated heterocycles. The van der Waals surface area contributed by atoms with Gasteiger partial charge in [0.1, 0.15) is 0 Å². The van der Waals surface area contributed by atoms with Gasteiger partial charge in [-0.05, 0) is 42.9 Å². The minimum absolute atomic E-state index is 0.0950. The van der Waals surface area contributed by atoms with Crippen LogP contribution < -0.4 is 11.1 Å². The van der Waals surface area contributed by atoms with Gasteiger partial charge in [0.05, 0.1) is 11.0 Å². The fourth-order valence-corrected chi connectivity index (χ4v) is 2.22. The quantitative estimate of drug-likeness (QED) is 0.798. The number of hydrogen-bond donors (Lipinski definition) is 2. The predicted octanol–water partition coefficient (Wildman–Crippen LogP) is 2.04. The molecule has 3 N–H and O–H groups in total. The van der Waals surface area contributed by atoms with E-state index in [-0.39, 0.29) is 11.9 Å². The molecule has 1 fully saturated rings. The Morgan fingerprint density at radius 2 is 2.06 bits per heavy atom. The fraction of sp³-hybridized carbons (Fsp3) is 0.429. The van der Waals surface area contributed by atoms with Crippen LogP contribution >= 0.6 is 12.2 Å². The summed E-state index contributed by atoms with van der Waals surface area (Å²) in [6, 6.07) is 7.48. The third-order valence-corrected chi connectivity index (χ3v) is 3.56. The van der Waals surface area contributed by atoms with Crippen molar-refractivity contribution >= 4 is 23.1 Å². The summed E-state index contributed by atoms with van der Waals surface area (Å²) in [5, 5.41) is 2.93. The molecule has 1 aromatic rings. The van der Waals surface area contributed by atoms with Gasteiger partial charge < -0.3 is 11.1 Å². The van der Waals surface area contributed by atoms with Crippen molar-refractivity contribution in [3.8, 4) is 0 Å². The lowest BCUT2D eigenvalue weighted by molar-refractivity contribution is 0.0944. The van der Waals surface area contributed by atoms with Gasteiger partial charge in [0.25, 0.3) is 5.91 Å². The van der Waals surface area contributed by atoms with E-state index in [1.807, 2.05) is 24.3 Å². The van der Waals surface area contributed by atoms with Crippen LogP contribution in [0, 0.1) is 5.92 Å². The highest BCUT2D eigenvalue weighted by atomic mass is 32.1. The third-order valence-electron chi connectivity index (χ3n) is 3.31. The molecule has 1 unspecified atom stereocenters. The number of nitrogens with one attached hydrogen (secondary N) is 1. The second-order valence-corrected chi connectivity index (χ2v) is 5.21. The maximum Gasteiger partial charge on any atom is 0.251 e. The molecule has 18 heavy (non-hydrogen) atoms. The van der Waals surface area contributed by atoms with Crippen LogP contribution in [0.2, 0.25) is 0 Å². The van der Waals surface area contributed by atoms with E-state index in [0.29, 0.717) is 16.5 Å². The molecule has 0 heterocycles. The van der Waals surface area contributed by atoms with Crippen LogP contribution in [-0.4, -0.2) is 16.9 Å². The second-order valence-electron chi connectivity index (χ2n) is 4.74. The molecule has 1 aromatic carbocycles. The first kappa shape index (κ1) is 13.0. The summed E-state index contributed by atoms with van der Waals surface area (Å²) in [4.78, 5) is 12.5. The Labute approximate surface area is 113 Å². The maximum atomic E-state index is 12.1. The van der Waals surface area contributed by atoms with Crippen molar-refractivity contribution in [3.63, 3.8) is 0 Å². The molecule has 96 valence electrons. The number of aryl methyl sites for hydroxylation is 1. The number of nitrogens with two attached hydrogens (primary N) is 1. The highest BCUT2D eigenvalue weighted by Crippen LogP contribution is 2.32. The van der Waals surface area contributed by atoms with Gasteiger partial charge in [-0.25, -0.2) is 0 Å². The molecular formula is C14H18N2OS. The molecular weight excluding hydrogens is 244 g/mol. The number of carbonyl (C=O) groups is 1. The normalized spacial score (nSPS) is 16.1. The van der Waals surface area contributed by atoms with Crippen molar-refractivity contribution in [1.82, 2.24) is 5.32 Å². The second kappa shape index (κ2) is 5.48. The van der Waals surface area contributed by atoms with E-state index in [0.717, 1.165) is 19.3 Å². The topological polar surface area (TPSA) is 55.1 Å². The van der Waals surface area contributed by atoms with Crippen molar-refractivity contribution in [2.75, 3.05) is 0 Å².